The van der Waals surface area contributed by atoms with Gasteiger partial charge >= 0.3 is 5.97 Å². The van der Waals surface area contributed by atoms with Gasteiger partial charge in [0.05, 0.1) is 0 Å². The molecule has 0 aromatic rings. The molecule has 2 fully saturated rings. The van der Waals surface area contributed by atoms with Crippen LogP contribution in [0.2, 0.25) is 0 Å². The molecule has 0 aromatic carbocycles. The van der Waals surface area contributed by atoms with Crippen LogP contribution in [0.5, 0.6) is 0 Å². The van der Waals surface area contributed by atoms with E-state index in [0.717, 1.165) is 31.8 Å². The van der Waals surface area contributed by atoms with Crippen molar-refractivity contribution in [3.05, 3.63) is 0 Å². The highest BCUT2D eigenvalue weighted by Gasteiger charge is 2.30. The van der Waals surface area contributed by atoms with Crippen LogP contribution in [-0.4, -0.2) is 35.1 Å². The largest absolute Gasteiger partial charge is 0.480 e. The third kappa shape index (κ3) is 3.70. The summed E-state index contributed by atoms with van der Waals surface area (Å²) in [6.45, 7) is 1.99. The molecule has 0 amide bonds. The van der Waals surface area contributed by atoms with Gasteiger partial charge in [0.2, 0.25) is 0 Å². The van der Waals surface area contributed by atoms with Gasteiger partial charge < -0.3 is 5.11 Å². The fourth-order valence-electron chi connectivity index (χ4n) is 3.37. The van der Waals surface area contributed by atoms with Crippen LogP contribution in [0, 0.1) is 5.92 Å². The Balaban J connectivity index is 1.74. The maximum absolute atomic E-state index is 11.1. The molecule has 0 spiro atoms. The molecular weight excluding hydrogens is 214 g/mol. The summed E-state index contributed by atoms with van der Waals surface area (Å²) < 4.78 is 0. The first-order valence-corrected chi connectivity index (χ1v) is 7.24. The van der Waals surface area contributed by atoms with Crippen molar-refractivity contribution >= 4 is 5.97 Å². The Morgan fingerprint density at radius 1 is 1.06 bits per heavy atom. The van der Waals surface area contributed by atoms with Crippen LogP contribution < -0.4 is 0 Å². The lowest BCUT2D eigenvalue weighted by Crippen LogP contribution is -2.37. The number of hydrogen-bond acceptors (Lipinski definition) is 2. The van der Waals surface area contributed by atoms with E-state index in [4.69, 9.17) is 5.11 Å². The smallest absolute Gasteiger partial charge is 0.320 e. The number of nitrogens with zero attached hydrogens (tertiary/aromatic N) is 1. The lowest BCUT2D eigenvalue weighted by Gasteiger charge is -2.23. The van der Waals surface area contributed by atoms with Crippen molar-refractivity contribution in [2.75, 3.05) is 13.1 Å². The fourth-order valence-corrected chi connectivity index (χ4v) is 3.37. The second kappa shape index (κ2) is 6.39. The minimum absolute atomic E-state index is 0.194. The summed E-state index contributed by atoms with van der Waals surface area (Å²) in [7, 11) is 0. The Kier molecular flexibility index (Phi) is 4.84. The average molecular weight is 239 g/mol. The zero-order chi connectivity index (χ0) is 12.1. The number of carboxylic acids is 1. The summed E-state index contributed by atoms with van der Waals surface area (Å²) in [5, 5.41) is 9.12. The summed E-state index contributed by atoms with van der Waals surface area (Å²) >= 11 is 0. The van der Waals surface area contributed by atoms with Gasteiger partial charge in [-0.15, -0.1) is 0 Å². The van der Waals surface area contributed by atoms with Gasteiger partial charge in [-0.05, 0) is 38.3 Å². The number of carbonyl (C=O) groups is 1. The van der Waals surface area contributed by atoms with Gasteiger partial charge in [0.15, 0.2) is 0 Å². The molecule has 0 radical (unpaired) electrons. The van der Waals surface area contributed by atoms with Crippen LogP contribution in [0.3, 0.4) is 0 Å². The SMILES string of the molecule is O=C(O)[C@@H]1CCCN1CCC1CCCCCC1. The van der Waals surface area contributed by atoms with E-state index < -0.39 is 5.97 Å². The number of hydrogen-bond donors (Lipinski definition) is 1. The first-order valence-electron chi connectivity index (χ1n) is 7.24. The molecule has 98 valence electrons. The molecule has 2 aliphatic rings. The number of carboxylic acid groups (broad SMARTS) is 1. The van der Waals surface area contributed by atoms with Crippen molar-refractivity contribution in [2.24, 2.45) is 5.92 Å². The maximum atomic E-state index is 11.1. The lowest BCUT2D eigenvalue weighted by molar-refractivity contribution is -0.142. The van der Waals surface area contributed by atoms with E-state index >= 15 is 0 Å². The maximum Gasteiger partial charge on any atom is 0.320 e. The second-order valence-electron chi connectivity index (χ2n) is 5.68. The molecule has 3 nitrogen and oxygen atoms in total. The van der Waals surface area contributed by atoms with Gasteiger partial charge in [0.1, 0.15) is 6.04 Å². The van der Waals surface area contributed by atoms with Crippen molar-refractivity contribution in [1.29, 1.82) is 0 Å². The van der Waals surface area contributed by atoms with Crippen molar-refractivity contribution in [2.45, 2.75) is 63.8 Å². The molecule has 1 aliphatic heterocycles. The number of likely N-dealkylation sites (tertiary alicyclic amines) is 1. The van der Waals surface area contributed by atoms with Crippen LogP contribution in [0.15, 0.2) is 0 Å². The van der Waals surface area contributed by atoms with E-state index in [-0.39, 0.29) is 6.04 Å². The van der Waals surface area contributed by atoms with Gasteiger partial charge in [-0.3, -0.25) is 9.69 Å². The normalized spacial score (nSPS) is 28.1. The van der Waals surface area contributed by atoms with Crippen LogP contribution in [0.25, 0.3) is 0 Å². The minimum Gasteiger partial charge on any atom is -0.480 e. The van der Waals surface area contributed by atoms with E-state index in [1.165, 1.54) is 44.9 Å². The molecule has 2 rings (SSSR count). The lowest BCUT2D eigenvalue weighted by atomic mass is 9.96. The Hall–Kier alpha value is -0.570. The molecule has 1 aliphatic carbocycles. The van der Waals surface area contributed by atoms with Gasteiger partial charge in [-0.1, -0.05) is 38.5 Å². The van der Waals surface area contributed by atoms with E-state index in [0.29, 0.717) is 0 Å². The Bertz CT molecular complexity index is 247. The molecule has 1 saturated carbocycles. The second-order valence-corrected chi connectivity index (χ2v) is 5.68. The predicted octanol–water partition coefficient (Wildman–Crippen LogP) is 2.90. The minimum atomic E-state index is -0.622. The first-order chi connectivity index (χ1) is 8.27. The van der Waals surface area contributed by atoms with Crippen molar-refractivity contribution in [3.8, 4) is 0 Å². The molecule has 1 saturated heterocycles. The topological polar surface area (TPSA) is 40.5 Å². The van der Waals surface area contributed by atoms with Gasteiger partial charge in [0, 0.05) is 0 Å². The molecule has 3 heteroatoms. The molecular formula is C14H25NO2. The van der Waals surface area contributed by atoms with Crippen LogP contribution in [-0.2, 0) is 4.79 Å². The highest BCUT2D eigenvalue weighted by Crippen LogP contribution is 2.27. The van der Waals surface area contributed by atoms with E-state index in [9.17, 15) is 4.79 Å². The van der Waals surface area contributed by atoms with Crippen LogP contribution in [0.4, 0.5) is 0 Å². The van der Waals surface area contributed by atoms with Crippen LogP contribution >= 0.6 is 0 Å². The Labute approximate surface area is 104 Å². The quantitative estimate of drug-likeness (QED) is 0.767. The standard InChI is InChI=1S/C14H25NO2/c16-14(17)13-8-5-10-15(13)11-9-12-6-3-1-2-4-7-12/h12-13H,1-11H2,(H,16,17)/t13-/m0/s1. The molecule has 1 atom stereocenters. The summed E-state index contributed by atoms with van der Waals surface area (Å²) in [5.41, 5.74) is 0. The summed E-state index contributed by atoms with van der Waals surface area (Å²) in [6.07, 6.45) is 11.4. The summed E-state index contributed by atoms with van der Waals surface area (Å²) in [6, 6.07) is -0.194. The first kappa shape index (κ1) is 12.9. The highest BCUT2D eigenvalue weighted by atomic mass is 16.4. The monoisotopic (exact) mass is 239 g/mol. The van der Waals surface area contributed by atoms with E-state index in [2.05, 4.69) is 4.90 Å². The van der Waals surface area contributed by atoms with Crippen molar-refractivity contribution in [1.82, 2.24) is 4.90 Å². The van der Waals surface area contributed by atoms with E-state index in [1.807, 2.05) is 0 Å². The predicted molar refractivity (Wildman–Crippen MR) is 68.0 cm³/mol. The van der Waals surface area contributed by atoms with E-state index in [1.54, 1.807) is 0 Å². The van der Waals surface area contributed by atoms with Gasteiger partial charge in [-0.25, -0.2) is 0 Å². The average Bonchev–Trinajstić information content (AvgIpc) is 2.63. The zero-order valence-electron chi connectivity index (χ0n) is 10.7. The summed E-state index contributed by atoms with van der Waals surface area (Å²) in [4.78, 5) is 13.3. The molecule has 0 bridgehead atoms. The molecule has 0 aromatic heterocycles. The number of rotatable bonds is 4. The molecule has 1 N–H and O–H groups in total. The van der Waals surface area contributed by atoms with Crippen LogP contribution in [0.1, 0.15) is 57.8 Å². The molecule has 1 heterocycles. The third-order valence-electron chi connectivity index (χ3n) is 4.45. The summed E-state index contributed by atoms with van der Waals surface area (Å²) in [5.74, 6) is 0.232. The zero-order valence-corrected chi connectivity index (χ0v) is 10.7. The Morgan fingerprint density at radius 2 is 1.76 bits per heavy atom. The third-order valence-corrected chi connectivity index (χ3v) is 4.45. The molecule has 17 heavy (non-hydrogen) atoms. The Morgan fingerprint density at radius 3 is 2.41 bits per heavy atom. The molecule has 0 unspecified atom stereocenters. The fraction of sp³-hybridized carbons (Fsp3) is 0.929. The van der Waals surface area contributed by atoms with Gasteiger partial charge in [-0.2, -0.15) is 0 Å². The highest BCUT2D eigenvalue weighted by molar-refractivity contribution is 5.73. The van der Waals surface area contributed by atoms with Gasteiger partial charge in [0.25, 0.3) is 0 Å². The van der Waals surface area contributed by atoms with Crippen molar-refractivity contribution < 1.29 is 9.90 Å². The number of aliphatic carboxylic acids is 1. The van der Waals surface area contributed by atoms with Crippen molar-refractivity contribution in [3.63, 3.8) is 0 Å².